The van der Waals surface area contributed by atoms with Gasteiger partial charge in [0.2, 0.25) is 11.8 Å². The lowest BCUT2D eigenvalue weighted by molar-refractivity contribution is -0.119. The predicted molar refractivity (Wildman–Crippen MR) is 115 cm³/mol. The smallest absolute Gasteiger partial charge is 0.224 e. The van der Waals surface area contributed by atoms with E-state index < -0.39 is 21.7 Å². The van der Waals surface area contributed by atoms with Gasteiger partial charge >= 0.3 is 0 Å². The number of benzene rings is 2. The van der Waals surface area contributed by atoms with Crippen LogP contribution in [0.4, 0.5) is 11.4 Å². The topological polar surface area (TPSA) is 92.3 Å². The van der Waals surface area contributed by atoms with E-state index in [0.717, 1.165) is 0 Å². The second-order valence-electron chi connectivity index (χ2n) is 7.12. The number of nitrogens with one attached hydrogen (secondary N) is 2. The van der Waals surface area contributed by atoms with Gasteiger partial charge < -0.3 is 10.6 Å². The third-order valence-corrected chi connectivity index (χ3v) is 7.13. The molecule has 0 saturated carbocycles. The molecule has 154 valence electrons. The summed E-state index contributed by atoms with van der Waals surface area (Å²) in [4.78, 5) is 24.7. The Balaban J connectivity index is 1.60. The Morgan fingerprint density at radius 2 is 1.10 bits per heavy atom. The zero-order valence-electron chi connectivity index (χ0n) is 15.4. The van der Waals surface area contributed by atoms with Gasteiger partial charge in [-0.15, -0.1) is 0 Å². The van der Waals surface area contributed by atoms with Crippen molar-refractivity contribution < 1.29 is 18.0 Å². The Morgan fingerprint density at radius 3 is 1.45 bits per heavy atom. The molecule has 1 aliphatic heterocycles. The maximum absolute atomic E-state index is 12.4. The number of anilines is 2. The van der Waals surface area contributed by atoms with Crippen LogP contribution in [0, 0.1) is 11.8 Å². The molecule has 0 bridgehead atoms. The molecule has 0 radical (unpaired) electrons. The number of hydrogen-bond acceptors (Lipinski definition) is 4. The second-order valence-corrected chi connectivity index (χ2v) is 10.1. The molecule has 2 aromatic carbocycles. The van der Waals surface area contributed by atoms with Gasteiger partial charge in [0.05, 0.1) is 11.5 Å². The zero-order chi connectivity index (χ0) is 21.0. The van der Waals surface area contributed by atoms with E-state index in [9.17, 15) is 18.0 Å². The molecule has 2 amide bonds. The molecule has 29 heavy (non-hydrogen) atoms. The number of rotatable bonds is 6. The predicted octanol–water partition coefficient (Wildman–Crippen LogP) is 4.01. The summed E-state index contributed by atoms with van der Waals surface area (Å²) in [5, 5.41) is 6.58. The van der Waals surface area contributed by atoms with Gasteiger partial charge in [-0.2, -0.15) is 0 Å². The SMILES string of the molecule is O=C(C[C@H]1CS(=O)(=O)C[C@@H]1CC(=O)Nc1ccc(Cl)cc1)Nc1ccc(Cl)cc1. The van der Waals surface area contributed by atoms with Gasteiger partial charge in [-0.05, 0) is 60.4 Å². The van der Waals surface area contributed by atoms with E-state index in [1.54, 1.807) is 48.5 Å². The molecule has 0 spiro atoms. The van der Waals surface area contributed by atoms with E-state index in [0.29, 0.717) is 21.4 Å². The van der Waals surface area contributed by atoms with E-state index in [2.05, 4.69) is 10.6 Å². The quantitative estimate of drug-likeness (QED) is 0.689. The number of sulfone groups is 1. The molecule has 1 aliphatic rings. The van der Waals surface area contributed by atoms with Gasteiger partial charge in [0.25, 0.3) is 0 Å². The number of hydrogen-bond donors (Lipinski definition) is 2. The van der Waals surface area contributed by atoms with E-state index in [4.69, 9.17) is 23.2 Å². The molecule has 0 unspecified atom stereocenters. The van der Waals surface area contributed by atoms with Crippen LogP contribution in [0.3, 0.4) is 0 Å². The largest absolute Gasteiger partial charge is 0.326 e. The van der Waals surface area contributed by atoms with Crippen LogP contribution < -0.4 is 10.6 Å². The highest BCUT2D eigenvalue weighted by atomic mass is 35.5. The van der Waals surface area contributed by atoms with Crippen LogP contribution in [0.2, 0.25) is 10.0 Å². The lowest BCUT2D eigenvalue weighted by Crippen LogP contribution is -2.25. The Morgan fingerprint density at radius 1 is 0.759 bits per heavy atom. The minimum atomic E-state index is -3.29. The fraction of sp³-hybridized carbons (Fsp3) is 0.300. The number of carbonyl (C=O) groups is 2. The number of amides is 2. The Hall–Kier alpha value is -2.09. The monoisotopic (exact) mass is 454 g/mol. The summed E-state index contributed by atoms with van der Waals surface area (Å²) < 4.78 is 24.2. The molecule has 9 heteroatoms. The zero-order valence-corrected chi connectivity index (χ0v) is 17.7. The highest BCUT2D eigenvalue weighted by Crippen LogP contribution is 2.31. The van der Waals surface area contributed by atoms with Crippen molar-refractivity contribution in [3.8, 4) is 0 Å². The summed E-state index contributed by atoms with van der Waals surface area (Å²) in [5.74, 6) is -1.61. The molecule has 1 heterocycles. The second kappa shape index (κ2) is 9.15. The summed E-state index contributed by atoms with van der Waals surface area (Å²) in [6.45, 7) is 0. The molecule has 3 rings (SSSR count). The van der Waals surface area contributed by atoms with Crippen LogP contribution in [0.1, 0.15) is 12.8 Å². The first kappa shape index (κ1) is 21.6. The van der Waals surface area contributed by atoms with Crippen LogP contribution in [0.15, 0.2) is 48.5 Å². The fourth-order valence-electron chi connectivity index (χ4n) is 3.41. The highest BCUT2D eigenvalue weighted by molar-refractivity contribution is 7.91. The minimum Gasteiger partial charge on any atom is -0.326 e. The van der Waals surface area contributed by atoms with Crippen LogP contribution in [-0.4, -0.2) is 31.7 Å². The molecular weight excluding hydrogens is 435 g/mol. The Kier molecular flexibility index (Phi) is 6.82. The van der Waals surface area contributed by atoms with E-state index in [1.165, 1.54) is 0 Å². The van der Waals surface area contributed by atoms with Crippen LogP contribution in [0.5, 0.6) is 0 Å². The van der Waals surface area contributed by atoms with Crippen molar-refractivity contribution >= 4 is 56.2 Å². The molecular formula is C20H20Cl2N2O4S. The standard InChI is InChI=1S/C20H20Cl2N2O4S/c21-15-1-5-17(6-2-15)23-19(25)9-13-11-29(27,28)12-14(13)10-20(26)24-18-7-3-16(22)4-8-18/h1-8,13-14H,9-12H2,(H,23,25)(H,24,26)/t13-,14-/m0/s1. The molecule has 2 aromatic rings. The molecule has 2 N–H and O–H groups in total. The van der Waals surface area contributed by atoms with Gasteiger partial charge in [-0.3, -0.25) is 9.59 Å². The summed E-state index contributed by atoms with van der Waals surface area (Å²) >= 11 is 11.7. The van der Waals surface area contributed by atoms with E-state index in [-0.39, 0.29) is 36.2 Å². The van der Waals surface area contributed by atoms with E-state index in [1.807, 2.05) is 0 Å². The highest BCUT2D eigenvalue weighted by Gasteiger charge is 2.39. The third kappa shape index (κ3) is 6.45. The lowest BCUT2D eigenvalue weighted by atomic mass is 9.89. The average molecular weight is 455 g/mol. The molecule has 1 saturated heterocycles. The first-order chi connectivity index (χ1) is 13.7. The van der Waals surface area contributed by atoms with Gasteiger partial charge in [0, 0.05) is 34.3 Å². The number of carbonyl (C=O) groups excluding carboxylic acids is 2. The molecule has 6 nitrogen and oxygen atoms in total. The first-order valence-electron chi connectivity index (χ1n) is 9.01. The van der Waals surface area contributed by atoms with Crippen molar-refractivity contribution in [2.75, 3.05) is 22.1 Å². The maximum Gasteiger partial charge on any atom is 0.224 e. The minimum absolute atomic E-state index is 0.0285. The lowest BCUT2D eigenvalue weighted by Gasteiger charge is -2.17. The van der Waals surface area contributed by atoms with Crippen LogP contribution >= 0.6 is 23.2 Å². The molecule has 0 aromatic heterocycles. The average Bonchev–Trinajstić information content (AvgIpc) is 2.91. The van der Waals surface area contributed by atoms with Crippen LogP contribution in [-0.2, 0) is 19.4 Å². The van der Waals surface area contributed by atoms with Crippen molar-refractivity contribution in [1.82, 2.24) is 0 Å². The fourth-order valence-corrected chi connectivity index (χ4v) is 5.88. The van der Waals surface area contributed by atoms with Gasteiger partial charge in [0.1, 0.15) is 0 Å². The summed E-state index contributed by atoms with van der Waals surface area (Å²) in [6.07, 6.45) is 0.0570. The summed E-state index contributed by atoms with van der Waals surface area (Å²) in [5.41, 5.74) is 1.16. The number of halogens is 2. The maximum atomic E-state index is 12.4. The van der Waals surface area contributed by atoms with Gasteiger partial charge in [-0.1, -0.05) is 23.2 Å². The summed E-state index contributed by atoms with van der Waals surface area (Å²) in [7, 11) is -3.29. The summed E-state index contributed by atoms with van der Waals surface area (Å²) in [6, 6.07) is 13.3. The van der Waals surface area contributed by atoms with Crippen molar-refractivity contribution in [1.29, 1.82) is 0 Å². The Bertz CT molecular complexity index is 917. The normalized spacial score (nSPS) is 20.2. The Labute approximate surface area is 179 Å². The first-order valence-corrected chi connectivity index (χ1v) is 11.6. The van der Waals surface area contributed by atoms with E-state index >= 15 is 0 Å². The van der Waals surface area contributed by atoms with Gasteiger partial charge in [0.15, 0.2) is 9.84 Å². The van der Waals surface area contributed by atoms with Crippen molar-refractivity contribution in [3.63, 3.8) is 0 Å². The molecule has 2 atom stereocenters. The van der Waals surface area contributed by atoms with Crippen LogP contribution in [0.25, 0.3) is 0 Å². The van der Waals surface area contributed by atoms with Crippen molar-refractivity contribution in [2.45, 2.75) is 12.8 Å². The molecule has 1 fully saturated rings. The third-order valence-electron chi connectivity index (χ3n) is 4.75. The van der Waals surface area contributed by atoms with Crippen molar-refractivity contribution in [2.24, 2.45) is 11.8 Å². The van der Waals surface area contributed by atoms with Crippen molar-refractivity contribution in [3.05, 3.63) is 58.6 Å². The van der Waals surface area contributed by atoms with Gasteiger partial charge in [-0.25, -0.2) is 8.42 Å². The molecule has 0 aliphatic carbocycles.